The van der Waals surface area contributed by atoms with Crippen molar-refractivity contribution in [3.63, 3.8) is 0 Å². The summed E-state index contributed by atoms with van der Waals surface area (Å²) in [4.78, 5) is 30.7. The van der Waals surface area contributed by atoms with E-state index in [0.717, 1.165) is 34.9 Å². The minimum absolute atomic E-state index is 0.0142. The highest BCUT2D eigenvalue weighted by Gasteiger charge is 2.31. The minimum Gasteiger partial charge on any atom is -0.466 e. The van der Waals surface area contributed by atoms with Gasteiger partial charge in [-0.15, -0.1) is 0 Å². The molecule has 1 fully saturated rings. The Hall–Kier alpha value is -2.50. The number of likely N-dealkylation sites (tertiary alicyclic amines) is 1. The van der Waals surface area contributed by atoms with Gasteiger partial charge in [-0.1, -0.05) is 47.5 Å². The van der Waals surface area contributed by atoms with Crippen LogP contribution in [-0.4, -0.2) is 41.5 Å². The average Bonchev–Trinajstić information content (AvgIpc) is 3.23. The largest absolute Gasteiger partial charge is 0.466 e. The number of ether oxygens (including phenoxy) is 1. The van der Waals surface area contributed by atoms with Crippen LogP contribution < -0.4 is 0 Å². The van der Waals surface area contributed by atoms with E-state index in [9.17, 15) is 9.59 Å². The number of benzene rings is 2. The molecule has 0 bridgehead atoms. The third-order valence-corrected chi connectivity index (χ3v) is 6.85. The molecular weight excluding hydrogens is 447 g/mol. The Morgan fingerprint density at radius 3 is 2.78 bits per heavy atom. The van der Waals surface area contributed by atoms with Crippen molar-refractivity contribution in [3.8, 4) is 0 Å². The quantitative estimate of drug-likeness (QED) is 0.461. The summed E-state index contributed by atoms with van der Waals surface area (Å²) in [6.07, 6.45) is 3.78. The van der Waals surface area contributed by atoms with E-state index in [1.807, 2.05) is 42.6 Å². The fourth-order valence-electron chi connectivity index (χ4n) is 4.48. The molecule has 1 amide bonds. The van der Waals surface area contributed by atoms with E-state index >= 15 is 0 Å². The van der Waals surface area contributed by atoms with Gasteiger partial charge in [-0.3, -0.25) is 9.59 Å². The van der Waals surface area contributed by atoms with Crippen molar-refractivity contribution < 1.29 is 14.3 Å². The van der Waals surface area contributed by atoms with Crippen LogP contribution in [-0.2, 0) is 14.3 Å². The molecule has 1 saturated heterocycles. The Morgan fingerprint density at radius 1 is 1.19 bits per heavy atom. The van der Waals surface area contributed by atoms with Gasteiger partial charge in [-0.25, -0.2) is 0 Å². The summed E-state index contributed by atoms with van der Waals surface area (Å²) in [6, 6.07) is 13.6. The molecule has 2 unspecified atom stereocenters. The second-order valence-corrected chi connectivity index (χ2v) is 8.97. The molecule has 1 N–H and O–H groups in total. The van der Waals surface area contributed by atoms with Crippen LogP contribution in [0.15, 0.2) is 48.7 Å². The molecule has 168 valence electrons. The number of halogens is 2. The monoisotopic (exact) mass is 472 g/mol. The zero-order valence-electron chi connectivity index (χ0n) is 17.9. The van der Waals surface area contributed by atoms with Gasteiger partial charge < -0.3 is 14.6 Å². The molecule has 32 heavy (non-hydrogen) atoms. The summed E-state index contributed by atoms with van der Waals surface area (Å²) in [5, 5.41) is 2.01. The number of fused-ring (bicyclic) bond motifs is 1. The number of esters is 1. The third-order valence-electron chi connectivity index (χ3n) is 6.12. The summed E-state index contributed by atoms with van der Waals surface area (Å²) >= 11 is 12.5. The zero-order valence-corrected chi connectivity index (χ0v) is 19.5. The van der Waals surface area contributed by atoms with Crippen LogP contribution in [0.1, 0.15) is 43.2 Å². The predicted octanol–water partition coefficient (Wildman–Crippen LogP) is 5.80. The lowest BCUT2D eigenvalue weighted by atomic mass is 9.87. The van der Waals surface area contributed by atoms with Crippen LogP contribution in [0.5, 0.6) is 0 Å². The minimum atomic E-state index is -0.260. The van der Waals surface area contributed by atoms with Crippen molar-refractivity contribution in [2.75, 3.05) is 19.7 Å². The van der Waals surface area contributed by atoms with Crippen LogP contribution in [0.2, 0.25) is 10.0 Å². The van der Waals surface area contributed by atoms with E-state index < -0.39 is 0 Å². The smallest absolute Gasteiger partial charge is 0.310 e. The van der Waals surface area contributed by atoms with Gasteiger partial charge in [-0.05, 0) is 49.1 Å². The lowest BCUT2D eigenvalue weighted by Gasteiger charge is -2.32. The molecule has 1 aromatic heterocycles. The van der Waals surface area contributed by atoms with E-state index in [0.29, 0.717) is 29.7 Å². The zero-order chi connectivity index (χ0) is 22.7. The van der Waals surface area contributed by atoms with Gasteiger partial charge in [0.2, 0.25) is 5.91 Å². The van der Waals surface area contributed by atoms with Crippen molar-refractivity contribution in [1.82, 2.24) is 9.88 Å². The number of carbonyl (C=O) groups excluding carboxylic acids is 2. The van der Waals surface area contributed by atoms with Gasteiger partial charge in [-0.2, -0.15) is 0 Å². The molecule has 2 heterocycles. The number of piperidine rings is 1. The van der Waals surface area contributed by atoms with E-state index in [1.54, 1.807) is 17.9 Å². The summed E-state index contributed by atoms with van der Waals surface area (Å²) in [7, 11) is 0. The molecule has 0 spiro atoms. The molecular formula is C25H26Cl2N2O3. The molecule has 5 nitrogen and oxygen atoms in total. The van der Waals surface area contributed by atoms with E-state index in [-0.39, 0.29) is 30.1 Å². The van der Waals surface area contributed by atoms with Gasteiger partial charge in [0.25, 0.3) is 0 Å². The molecule has 4 rings (SSSR count). The first-order chi connectivity index (χ1) is 15.5. The normalized spacial score (nSPS) is 17.3. The number of nitrogens with one attached hydrogen (secondary N) is 1. The molecule has 3 aromatic rings. The van der Waals surface area contributed by atoms with Crippen molar-refractivity contribution >= 4 is 46.0 Å². The fraction of sp³-hybridized carbons (Fsp3) is 0.360. The molecule has 0 radical (unpaired) electrons. The number of carbonyl (C=O) groups is 2. The number of aromatic amines is 1. The fourth-order valence-corrected chi connectivity index (χ4v) is 4.79. The van der Waals surface area contributed by atoms with Crippen LogP contribution in [0.4, 0.5) is 0 Å². The first-order valence-electron chi connectivity index (χ1n) is 10.9. The molecule has 0 aliphatic carbocycles. The molecule has 7 heteroatoms. The van der Waals surface area contributed by atoms with Gasteiger partial charge in [0.05, 0.1) is 22.6 Å². The number of para-hydroxylation sites is 1. The SMILES string of the molecule is CCOC(=O)C1CCCN(C(=O)CC(c2ccc(Cl)c(Cl)c2)c2c[nH]c3ccccc23)C1. The highest BCUT2D eigenvalue weighted by molar-refractivity contribution is 6.42. The standard InChI is InChI=1S/C25H26Cl2N2O3/c1-2-32-25(31)17-6-5-11-29(15-17)24(30)13-19(16-9-10-21(26)22(27)12-16)20-14-28-23-8-4-3-7-18(20)23/h3-4,7-10,12,14,17,19,28H,2,5-6,11,13,15H2,1H3. The third kappa shape index (κ3) is 4.79. The molecule has 2 aromatic carbocycles. The Morgan fingerprint density at radius 2 is 2.00 bits per heavy atom. The predicted molar refractivity (Wildman–Crippen MR) is 127 cm³/mol. The molecule has 1 aliphatic rings. The van der Waals surface area contributed by atoms with Crippen molar-refractivity contribution in [1.29, 1.82) is 0 Å². The number of aromatic nitrogens is 1. The number of amides is 1. The lowest BCUT2D eigenvalue weighted by Crippen LogP contribution is -2.43. The topological polar surface area (TPSA) is 62.4 Å². The number of hydrogen-bond donors (Lipinski definition) is 1. The summed E-state index contributed by atoms with van der Waals surface area (Å²) in [6.45, 7) is 3.20. The Labute approximate surface area is 197 Å². The van der Waals surface area contributed by atoms with Crippen LogP contribution in [0.3, 0.4) is 0 Å². The number of hydrogen-bond acceptors (Lipinski definition) is 3. The number of nitrogens with zero attached hydrogens (tertiary/aromatic N) is 1. The highest BCUT2D eigenvalue weighted by atomic mass is 35.5. The van der Waals surface area contributed by atoms with E-state index in [2.05, 4.69) is 4.98 Å². The number of H-pyrrole nitrogens is 1. The second-order valence-electron chi connectivity index (χ2n) is 8.15. The first kappa shape index (κ1) is 22.7. The summed E-state index contributed by atoms with van der Waals surface area (Å²) < 4.78 is 5.18. The van der Waals surface area contributed by atoms with Crippen molar-refractivity contribution in [3.05, 3.63) is 69.8 Å². The Bertz CT molecular complexity index is 1130. The Balaban J connectivity index is 1.62. The molecule has 0 saturated carbocycles. The second kappa shape index (κ2) is 9.97. The average molecular weight is 473 g/mol. The van der Waals surface area contributed by atoms with Crippen LogP contribution in [0, 0.1) is 5.92 Å². The van der Waals surface area contributed by atoms with Gasteiger partial charge in [0.1, 0.15) is 0 Å². The maximum Gasteiger partial charge on any atom is 0.310 e. The number of rotatable bonds is 6. The van der Waals surface area contributed by atoms with Crippen LogP contribution in [0.25, 0.3) is 10.9 Å². The van der Waals surface area contributed by atoms with E-state index in [4.69, 9.17) is 27.9 Å². The van der Waals surface area contributed by atoms with Crippen molar-refractivity contribution in [2.24, 2.45) is 5.92 Å². The molecule has 2 atom stereocenters. The van der Waals surface area contributed by atoms with Crippen LogP contribution >= 0.6 is 23.2 Å². The summed E-state index contributed by atoms with van der Waals surface area (Å²) in [5.41, 5.74) is 2.98. The Kier molecular flexibility index (Phi) is 7.07. The van der Waals surface area contributed by atoms with Crippen molar-refractivity contribution in [2.45, 2.75) is 32.1 Å². The van der Waals surface area contributed by atoms with Gasteiger partial charge in [0, 0.05) is 42.5 Å². The van der Waals surface area contributed by atoms with Gasteiger partial charge in [0.15, 0.2) is 0 Å². The lowest BCUT2D eigenvalue weighted by molar-refractivity contribution is -0.151. The first-order valence-corrected chi connectivity index (χ1v) is 11.7. The highest BCUT2D eigenvalue weighted by Crippen LogP contribution is 2.36. The van der Waals surface area contributed by atoms with E-state index in [1.165, 1.54) is 0 Å². The van der Waals surface area contributed by atoms with Gasteiger partial charge >= 0.3 is 5.97 Å². The summed E-state index contributed by atoms with van der Waals surface area (Å²) in [5.74, 6) is -0.663. The molecule has 1 aliphatic heterocycles. The maximum atomic E-state index is 13.4. The maximum absolute atomic E-state index is 13.4.